The van der Waals surface area contributed by atoms with E-state index in [1.165, 1.54) is 44.9 Å². The summed E-state index contributed by atoms with van der Waals surface area (Å²) < 4.78 is 18.4. The van der Waals surface area contributed by atoms with Crippen molar-refractivity contribution in [1.82, 2.24) is 0 Å². The summed E-state index contributed by atoms with van der Waals surface area (Å²) in [4.78, 5) is 0. The van der Waals surface area contributed by atoms with Gasteiger partial charge in [0.15, 0.2) is 5.79 Å². The summed E-state index contributed by atoms with van der Waals surface area (Å²) in [7, 11) is 0. The zero-order valence-corrected chi connectivity index (χ0v) is 17.7. The van der Waals surface area contributed by atoms with E-state index in [2.05, 4.69) is 27.7 Å². The Kier molecular flexibility index (Phi) is 18.6. The molecule has 0 aliphatic heterocycles. The van der Waals surface area contributed by atoms with Crippen molar-refractivity contribution in [1.29, 1.82) is 0 Å². The molecule has 0 saturated carbocycles. The van der Waals surface area contributed by atoms with Gasteiger partial charge in [0.1, 0.15) is 6.61 Å². The molecule has 0 aromatic heterocycles. The first-order valence-electron chi connectivity index (χ1n) is 11.1. The lowest BCUT2D eigenvalue weighted by molar-refractivity contribution is -0.266. The van der Waals surface area contributed by atoms with E-state index in [1.807, 2.05) is 0 Å². The minimum atomic E-state index is -0.525. The maximum Gasteiger partial charge on any atom is 0.191 e. The Hall–Kier alpha value is -0.120. The quantitative estimate of drug-likeness (QED) is 0.175. The van der Waals surface area contributed by atoms with Crippen LogP contribution in [-0.4, -0.2) is 32.2 Å². The fourth-order valence-electron chi connectivity index (χ4n) is 2.87. The molecule has 25 heavy (non-hydrogen) atoms. The zero-order valence-electron chi connectivity index (χ0n) is 17.7. The van der Waals surface area contributed by atoms with Crippen molar-refractivity contribution < 1.29 is 14.2 Å². The van der Waals surface area contributed by atoms with E-state index in [4.69, 9.17) is 14.2 Å². The summed E-state index contributed by atoms with van der Waals surface area (Å²) in [6, 6.07) is 0. The van der Waals surface area contributed by atoms with Crippen LogP contribution in [0.1, 0.15) is 111 Å². The van der Waals surface area contributed by atoms with Gasteiger partial charge in [-0.05, 0) is 25.7 Å². The van der Waals surface area contributed by atoms with Crippen molar-refractivity contribution >= 4 is 0 Å². The molecule has 152 valence electrons. The molecule has 0 aliphatic carbocycles. The molecule has 0 spiro atoms. The Bertz CT molecular complexity index is 229. The summed E-state index contributed by atoms with van der Waals surface area (Å²) in [6.45, 7) is 11.7. The molecule has 0 rings (SSSR count). The minimum Gasteiger partial charge on any atom is -0.376 e. The first-order valence-corrected chi connectivity index (χ1v) is 11.1. The van der Waals surface area contributed by atoms with Crippen molar-refractivity contribution in [2.75, 3.05) is 26.4 Å². The van der Waals surface area contributed by atoms with Crippen LogP contribution < -0.4 is 0 Å². The van der Waals surface area contributed by atoms with Crippen LogP contribution in [0.3, 0.4) is 0 Å². The normalized spacial score (nSPS) is 12.0. The van der Waals surface area contributed by atoms with Gasteiger partial charge in [-0.3, -0.25) is 0 Å². The minimum absolute atomic E-state index is 0.525. The van der Waals surface area contributed by atoms with Crippen molar-refractivity contribution in [2.45, 2.75) is 117 Å². The van der Waals surface area contributed by atoms with Crippen LogP contribution in [0.2, 0.25) is 0 Å². The fraction of sp³-hybridized carbons (Fsp3) is 1.00. The highest BCUT2D eigenvalue weighted by molar-refractivity contribution is 4.71. The second-order valence-electron chi connectivity index (χ2n) is 7.24. The Balaban J connectivity index is 4.43. The molecule has 0 aromatic rings. The predicted octanol–water partition coefficient (Wildman–Crippen LogP) is 6.88. The highest BCUT2D eigenvalue weighted by Crippen LogP contribution is 2.24. The van der Waals surface area contributed by atoms with Gasteiger partial charge >= 0.3 is 0 Å². The predicted molar refractivity (Wildman–Crippen MR) is 108 cm³/mol. The lowest BCUT2D eigenvalue weighted by atomic mass is 10.0. The Morgan fingerprint density at radius 3 is 1.56 bits per heavy atom. The molecular weight excluding hydrogens is 312 g/mol. The lowest BCUT2D eigenvalue weighted by Crippen LogP contribution is -2.42. The molecule has 0 amide bonds. The van der Waals surface area contributed by atoms with Gasteiger partial charge in [0, 0.05) is 13.0 Å². The van der Waals surface area contributed by atoms with Gasteiger partial charge in [0.25, 0.3) is 0 Å². The van der Waals surface area contributed by atoms with Gasteiger partial charge in [-0.15, -0.1) is 0 Å². The monoisotopic (exact) mass is 358 g/mol. The smallest absolute Gasteiger partial charge is 0.191 e. The van der Waals surface area contributed by atoms with Crippen LogP contribution in [-0.2, 0) is 14.2 Å². The van der Waals surface area contributed by atoms with Crippen molar-refractivity contribution in [3.63, 3.8) is 0 Å². The average molecular weight is 359 g/mol. The first kappa shape index (κ1) is 24.9. The van der Waals surface area contributed by atoms with Gasteiger partial charge in [-0.1, -0.05) is 79.1 Å². The molecule has 0 N–H and O–H groups in total. The number of ether oxygens (including phenoxy) is 3. The Labute approximate surface area is 158 Å². The maximum atomic E-state index is 6.26. The molecule has 0 saturated heterocycles. The van der Waals surface area contributed by atoms with Crippen LogP contribution in [0.4, 0.5) is 0 Å². The average Bonchev–Trinajstić information content (AvgIpc) is 2.61. The molecule has 0 aromatic carbocycles. The zero-order chi connectivity index (χ0) is 18.6. The fourth-order valence-corrected chi connectivity index (χ4v) is 2.87. The van der Waals surface area contributed by atoms with Gasteiger partial charge in [0.05, 0.1) is 13.2 Å². The maximum absolute atomic E-state index is 6.26. The number of hydrogen-bond acceptors (Lipinski definition) is 3. The Morgan fingerprint density at radius 1 is 0.520 bits per heavy atom. The summed E-state index contributed by atoms with van der Waals surface area (Å²) in [6.07, 6.45) is 15.7. The van der Waals surface area contributed by atoms with Crippen LogP contribution >= 0.6 is 0 Å². The topological polar surface area (TPSA) is 27.7 Å². The lowest BCUT2D eigenvalue weighted by Gasteiger charge is -2.34. The molecule has 0 fully saturated rings. The van der Waals surface area contributed by atoms with Crippen LogP contribution in [0.25, 0.3) is 0 Å². The molecule has 0 atom stereocenters. The van der Waals surface area contributed by atoms with Gasteiger partial charge in [0.2, 0.25) is 0 Å². The molecule has 0 heterocycles. The van der Waals surface area contributed by atoms with Gasteiger partial charge < -0.3 is 14.2 Å². The van der Waals surface area contributed by atoms with Crippen molar-refractivity contribution in [3.8, 4) is 0 Å². The third-order valence-electron chi connectivity index (χ3n) is 4.56. The molecule has 0 aliphatic rings. The summed E-state index contributed by atoms with van der Waals surface area (Å²) >= 11 is 0. The first-order chi connectivity index (χ1) is 12.2. The van der Waals surface area contributed by atoms with Gasteiger partial charge in [-0.25, -0.2) is 0 Å². The molecule has 0 unspecified atom stereocenters. The molecule has 0 radical (unpaired) electrons. The third-order valence-corrected chi connectivity index (χ3v) is 4.56. The molecule has 3 heteroatoms. The largest absolute Gasteiger partial charge is 0.376 e. The van der Waals surface area contributed by atoms with E-state index in [1.54, 1.807) is 0 Å². The van der Waals surface area contributed by atoms with E-state index in [9.17, 15) is 0 Å². The number of hydrogen-bond donors (Lipinski definition) is 0. The standard InChI is InChI=1S/C22H46O3/c1-5-9-12-13-14-15-16-17-22(21-23-18-8-4,24-19-10-6-2)25-20-11-7-3/h5-21H2,1-4H3. The van der Waals surface area contributed by atoms with Crippen LogP contribution in [0, 0.1) is 0 Å². The van der Waals surface area contributed by atoms with E-state index in [0.717, 1.165) is 58.3 Å². The second-order valence-corrected chi connectivity index (χ2v) is 7.24. The molecule has 0 bridgehead atoms. The second kappa shape index (κ2) is 18.7. The van der Waals surface area contributed by atoms with Gasteiger partial charge in [-0.2, -0.15) is 0 Å². The van der Waals surface area contributed by atoms with E-state index < -0.39 is 5.79 Å². The van der Waals surface area contributed by atoms with Crippen molar-refractivity contribution in [3.05, 3.63) is 0 Å². The summed E-state index contributed by atoms with van der Waals surface area (Å²) in [5.74, 6) is -0.525. The summed E-state index contributed by atoms with van der Waals surface area (Å²) in [5.41, 5.74) is 0. The molecular formula is C22H46O3. The summed E-state index contributed by atoms with van der Waals surface area (Å²) in [5, 5.41) is 0. The number of rotatable bonds is 20. The van der Waals surface area contributed by atoms with E-state index in [-0.39, 0.29) is 0 Å². The van der Waals surface area contributed by atoms with E-state index in [0.29, 0.717) is 6.61 Å². The van der Waals surface area contributed by atoms with Crippen LogP contribution in [0.5, 0.6) is 0 Å². The highest BCUT2D eigenvalue weighted by Gasteiger charge is 2.32. The van der Waals surface area contributed by atoms with Crippen LogP contribution in [0.15, 0.2) is 0 Å². The Morgan fingerprint density at radius 2 is 1.04 bits per heavy atom. The molecule has 3 nitrogen and oxygen atoms in total. The third kappa shape index (κ3) is 14.7. The SMILES string of the molecule is CCCCCCCCCC(COCCC)(OCCCC)OCCCC. The highest BCUT2D eigenvalue weighted by atomic mass is 16.7. The van der Waals surface area contributed by atoms with Crippen molar-refractivity contribution in [2.24, 2.45) is 0 Å². The van der Waals surface area contributed by atoms with E-state index >= 15 is 0 Å². The number of unbranched alkanes of at least 4 members (excludes halogenated alkanes) is 8.